The first-order chi connectivity index (χ1) is 39.8. The van der Waals surface area contributed by atoms with Gasteiger partial charge < -0.3 is 20.1 Å². The third-order valence-corrected chi connectivity index (χ3v) is 17.3. The molecule has 0 radical (unpaired) electrons. The molecule has 0 aromatic rings. The van der Waals surface area contributed by atoms with Crippen LogP contribution in [0.15, 0.2) is 24.3 Å². The highest BCUT2D eigenvalue weighted by atomic mass is 31.2. The Morgan fingerprint density at radius 2 is 0.642 bits per heavy atom. The van der Waals surface area contributed by atoms with Crippen LogP contribution in [0.25, 0.3) is 0 Å². The van der Waals surface area contributed by atoms with Crippen LogP contribution in [-0.2, 0) is 32.7 Å². The third-order valence-electron chi connectivity index (χ3n) is 16.3. The summed E-state index contributed by atoms with van der Waals surface area (Å²) < 4.78 is 33.2. The molecule has 0 spiro atoms. The molecule has 0 aliphatic rings. The van der Waals surface area contributed by atoms with Gasteiger partial charge in [-0.1, -0.05) is 353 Å². The molecule has 9 nitrogen and oxygen atoms in total. The van der Waals surface area contributed by atoms with Crippen molar-refractivity contribution < 1.29 is 37.6 Å². The lowest BCUT2D eigenvalue weighted by Crippen LogP contribution is -2.29. The van der Waals surface area contributed by atoms with Crippen molar-refractivity contribution in [1.29, 1.82) is 0 Å². The van der Waals surface area contributed by atoms with Gasteiger partial charge in [-0.25, -0.2) is 4.57 Å². The quantitative estimate of drug-likeness (QED) is 0.0264. The lowest BCUT2D eigenvalue weighted by Gasteiger charge is -2.19. The summed E-state index contributed by atoms with van der Waals surface area (Å²) in [4.78, 5) is 35.3. The van der Waals surface area contributed by atoms with E-state index >= 15 is 0 Å². The van der Waals surface area contributed by atoms with Gasteiger partial charge in [0.15, 0.2) is 6.10 Å². The number of allylic oxidation sites excluding steroid dienone is 4. The normalized spacial score (nSPS) is 13.0. The van der Waals surface area contributed by atoms with E-state index in [-0.39, 0.29) is 38.6 Å². The molecular formula is C71H138NO8P. The fourth-order valence-corrected chi connectivity index (χ4v) is 11.8. The Morgan fingerprint density at radius 3 is 0.938 bits per heavy atom. The van der Waals surface area contributed by atoms with Crippen molar-refractivity contribution in [1.82, 2.24) is 0 Å². The molecule has 2 atom stereocenters. The van der Waals surface area contributed by atoms with Crippen LogP contribution in [0, 0.1) is 0 Å². The van der Waals surface area contributed by atoms with Gasteiger partial charge >= 0.3 is 19.8 Å². The van der Waals surface area contributed by atoms with Crippen LogP contribution in [0.5, 0.6) is 0 Å². The van der Waals surface area contributed by atoms with Gasteiger partial charge in [0.05, 0.1) is 13.2 Å². The van der Waals surface area contributed by atoms with E-state index in [9.17, 15) is 19.0 Å². The van der Waals surface area contributed by atoms with Crippen LogP contribution >= 0.6 is 7.82 Å². The SMILES string of the molecule is CCCCCCC/C=C\C/C=C\CCCCCCCCCCCCCCCCCCCCCCCCCCCCCCCC(=O)OC(COC(=O)CCCCCCCCCCCCCCCCCCCCC)COP(=O)(O)OCCN. The summed E-state index contributed by atoms with van der Waals surface area (Å²) in [6.45, 7) is 3.81. The maximum absolute atomic E-state index is 12.8. The van der Waals surface area contributed by atoms with Crippen LogP contribution in [0.3, 0.4) is 0 Å². The second kappa shape index (κ2) is 67.6. The lowest BCUT2D eigenvalue weighted by atomic mass is 10.0. The summed E-state index contributed by atoms with van der Waals surface area (Å²) >= 11 is 0. The van der Waals surface area contributed by atoms with E-state index in [1.54, 1.807) is 0 Å². The van der Waals surface area contributed by atoms with Gasteiger partial charge in [0.25, 0.3) is 0 Å². The highest BCUT2D eigenvalue weighted by Crippen LogP contribution is 2.43. The zero-order valence-corrected chi connectivity index (χ0v) is 55.0. The molecule has 0 bridgehead atoms. The number of phosphoric acid groups is 1. The van der Waals surface area contributed by atoms with Crippen molar-refractivity contribution >= 4 is 19.8 Å². The molecule has 0 aromatic carbocycles. The third kappa shape index (κ3) is 67.5. The van der Waals surface area contributed by atoms with E-state index in [0.717, 1.165) is 38.5 Å². The number of phosphoric ester groups is 1. The van der Waals surface area contributed by atoms with Gasteiger partial charge in [-0.3, -0.25) is 18.6 Å². The fourth-order valence-electron chi connectivity index (χ4n) is 11.0. The number of hydrogen-bond donors (Lipinski definition) is 2. The minimum absolute atomic E-state index is 0.0577. The number of hydrogen-bond acceptors (Lipinski definition) is 8. The summed E-state index contributed by atoms with van der Waals surface area (Å²) in [5.41, 5.74) is 5.40. The largest absolute Gasteiger partial charge is 0.472 e. The standard InChI is InChI=1S/C71H138NO8P/c1-3-5-7-9-11-13-15-17-19-21-23-24-25-26-27-28-29-30-31-32-33-34-35-36-37-38-39-40-41-42-43-44-46-48-50-52-54-56-58-60-62-64-71(74)80-69(68-79-81(75,76)78-66-65-72)67-77-70(73)63-61-59-57-55-53-51-49-47-45-22-20-18-16-14-12-10-8-6-4-2/h15,17,21,23,69H,3-14,16,18-20,22,24-68,72H2,1-2H3,(H,75,76)/b17-15-,23-21-. The van der Waals surface area contributed by atoms with Crippen LogP contribution < -0.4 is 5.73 Å². The molecule has 10 heteroatoms. The van der Waals surface area contributed by atoms with Crippen molar-refractivity contribution in [3.8, 4) is 0 Å². The molecule has 0 rings (SSSR count). The van der Waals surface area contributed by atoms with Gasteiger partial charge in [0.2, 0.25) is 0 Å². The summed E-state index contributed by atoms with van der Waals surface area (Å²) in [7, 11) is -4.39. The van der Waals surface area contributed by atoms with Crippen molar-refractivity contribution in [2.45, 2.75) is 392 Å². The lowest BCUT2D eigenvalue weighted by molar-refractivity contribution is -0.161. The van der Waals surface area contributed by atoms with Crippen LogP contribution in [-0.4, -0.2) is 49.3 Å². The number of esters is 2. The molecule has 0 aliphatic heterocycles. The van der Waals surface area contributed by atoms with E-state index in [1.165, 1.54) is 315 Å². The number of unbranched alkanes of at least 4 members (excludes halogenated alkanes) is 52. The molecule has 0 heterocycles. The maximum atomic E-state index is 12.8. The Labute approximate surface area is 503 Å². The monoisotopic (exact) mass is 1160 g/mol. The summed E-state index contributed by atoms with van der Waals surface area (Å²) in [5.74, 6) is -0.801. The number of carbonyl (C=O) groups excluding carboxylic acids is 2. The second-order valence-electron chi connectivity index (χ2n) is 24.5. The van der Waals surface area contributed by atoms with E-state index in [2.05, 4.69) is 38.2 Å². The first kappa shape index (κ1) is 79.5. The molecule has 0 amide bonds. The number of ether oxygens (including phenoxy) is 2. The van der Waals surface area contributed by atoms with Crippen LogP contribution in [0.4, 0.5) is 0 Å². The topological polar surface area (TPSA) is 134 Å². The molecule has 480 valence electrons. The number of carbonyl (C=O) groups is 2. The molecule has 2 unspecified atom stereocenters. The average Bonchev–Trinajstić information content (AvgIpc) is 3.46. The van der Waals surface area contributed by atoms with Gasteiger partial charge in [-0.2, -0.15) is 0 Å². The number of rotatable bonds is 69. The van der Waals surface area contributed by atoms with Crippen molar-refractivity contribution in [3.05, 3.63) is 24.3 Å². The van der Waals surface area contributed by atoms with E-state index in [1.807, 2.05) is 0 Å². The molecular weight excluding hydrogens is 1030 g/mol. The zero-order chi connectivity index (χ0) is 58.7. The molecule has 81 heavy (non-hydrogen) atoms. The minimum atomic E-state index is -4.39. The Bertz CT molecular complexity index is 1380. The van der Waals surface area contributed by atoms with Crippen molar-refractivity contribution in [2.24, 2.45) is 5.73 Å². The predicted octanol–water partition coefficient (Wildman–Crippen LogP) is 23.3. The van der Waals surface area contributed by atoms with Crippen LogP contribution in [0.2, 0.25) is 0 Å². The fraction of sp³-hybridized carbons (Fsp3) is 0.915. The molecule has 0 saturated carbocycles. The number of nitrogens with two attached hydrogens (primary N) is 1. The summed E-state index contributed by atoms with van der Waals surface area (Å²) in [6, 6.07) is 0. The smallest absolute Gasteiger partial charge is 0.462 e. The Kier molecular flexibility index (Phi) is 66.4. The minimum Gasteiger partial charge on any atom is -0.462 e. The summed E-state index contributed by atoms with van der Waals surface area (Å²) in [6.07, 6.45) is 83.0. The van der Waals surface area contributed by atoms with Crippen molar-refractivity contribution in [2.75, 3.05) is 26.4 Å². The molecule has 0 aliphatic carbocycles. The molecule has 0 fully saturated rings. The molecule has 3 N–H and O–H groups in total. The highest BCUT2D eigenvalue weighted by Gasteiger charge is 2.26. The van der Waals surface area contributed by atoms with Crippen molar-refractivity contribution in [3.63, 3.8) is 0 Å². The molecule has 0 saturated heterocycles. The van der Waals surface area contributed by atoms with E-state index in [0.29, 0.717) is 6.42 Å². The predicted molar refractivity (Wildman–Crippen MR) is 349 cm³/mol. The van der Waals surface area contributed by atoms with Gasteiger partial charge in [0.1, 0.15) is 6.61 Å². The first-order valence-electron chi connectivity index (χ1n) is 35.8. The van der Waals surface area contributed by atoms with Gasteiger partial charge in [-0.15, -0.1) is 0 Å². The van der Waals surface area contributed by atoms with Crippen LogP contribution in [0.1, 0.15) is 386 Å². The Morgan fingerprint density at radius 1 is 0.370 bits per heavy atom. The van der Waals surface area contributed by atoms with Gasteiger partial charge in [0, 0.05) is 19.4 Å². The maximum Gasteiger partial charge on any atom is 0.472 e. The van der Waals surface area contributed by atoms with E-state index < -0.39 is 26.5 Å². The first-order valence-corrected chi connectivity index (χ1v) is 37.3. The van der Waals surface area contributed by atoms with E-state index in [4.69, 9.17) is 24.3 Å². The Hall–Kier alpha value is -1.51. The zero-order valence-electron chi connectivity index (χ0n) is 54.1. The second-order valence-corrected chi connectivity index (χ2v) is 25.9. The highest BCUT2D eigenvalue weighted by molar-refractivity contribution is 7.47. The Balaban J connectivity index is 3.72. The average molecular weight is 1160 g/mol. The van der Waals surface area contributed by atoms with Gasteiger partial charge in [-0.05, 0) is 44.9 Å². The summed E-state index contributed by atoms with van der Waals surface area (Å²) in [5, 5.41) is 0. The molecule has 0 aromatic heterocycles.